The molecule has 0 radical (unpaired) electrons. The number of rotatable bonds is 5. The summed E-state index contributed by atoms with van der Waals surface area (Å²) < 4.78 is 15.6. The molecule has 7 nitrogen and oxygen atoms in total. The third kappa shape index (κ3) is 3.53. The molecular formula is C16H18FN5O2. The number of halogens is 1. The summed E-state index contributed by atoms with van der Waals surface area (Å²) in [5.41, 5.74) is 6.23. The van der Waals surface area contributed by atoms with Crippen LogP contribution in [0.5, 0.6) is 0 Å². The molecule has 0 unspecified atom stereocenters. The number of carbonyl (C=O) groups is 2. The Morgan fingerprint density at radius 2 is 2.04 bits per heavy atom. The lowest BCUT2D eigenvalue weighted by Gasteiger charge is -2.18. The molecule has 24 heavy (non-hydrogen) atoms. The normalized spacial score (nSPS) is 14.0. The molecule has 1 aliphatic rings. The molecule has 1 fully saturated rings. The Labute approximate surface area is 138 Å². The smallest absolute Gasteiger partial charge is 0.255 e. The summed E-state index contributed by atoms with van der Waals surface area (Å²) in [5, 5.41) is 6.52. The molecule has 0 bridgehead atoms. The van der Waals surface area contributed by atoms with Crippen LogP contribution in [0.4, 0.5) is 15.8 Å². The number of aromatic nitrogens is 2. The van der Waals surface area contributed by atoms with Gasteiger partial charge in [0.05, 0.1) is 17.6 Å². The highest BCUT2D eigenvalue weighted by Crippen LogP contribution is 2.24. The first-order valence-corrected chi connectivity index (χ1v) is 7.69. The maximum atomic E-state index is 14.3. The van der Waals surface area contributed by atoms with Crippen LogP contribution in [0.25, 0.3) is 0 Å². The predicted molar refractivity (Wildman–Crippen MR) is 87.2 cm³/mol. The second-order valence-electron chi connectivity index (χ2n) is 5.71. The third-order valence-electron chi connectivity index (χ3n) is 3.87. The van der Waals surface area contributed by atoms with Gasteiger partial charge in [-0.15, -0.1) is 0 Å². The molecule has 1 saturated heterocycles. The summed E-state index contributed by atoms with van der Waals surface area (Å²) in [4.78, 5) is 25.0. The molecule has 0 aliphatic carbocycles. The van der Waals surface area contributed by atoms with Crippen LogP contribution >= 0.6 is 0 Å². The van der Waals surface area contributed by atoms with E-state index in [1.54, 1.807) is 12.1 Å². The fourth-order valence-electron chi connectivity index (χ4n) is 2.74. The van der Waals surface area contributed by atoms with Gasteiger partial charge in [0.15, 0.2) is 0 Å². The zero-order chi connectivity index (χ0) is 17.1. The van der Waals surface area contributed by atoms with E-state index in [1.165, 1.54) is 23.1 Å². The van der Waals surface area contributed by atoms with Crippen molar-refractivity contribution in [1.82, 2.24) is 9.78 Å². The maximum Gasteiger partial charge on any atom is 0.255 e. The minimum atomic E-state index is -0.532. The highest BCUT2D eigenvalue weighted by atomic mass is 19.1. The Morgan fingerprint density at radius 3 is 2.71 bits per heavy atom. The summed E-state index contributed by atoms with van der Waals surface area (Å²) in [5.74, 6) is -1.38. The Morgan fingerprint density at radius 1 is 1.29 bits per heavy atom. The van der Waals surface area contributed by atoms with E-state index >= 15 is 0 Å². The van der Waals surface area contributed by atoms with E-state index in [2.05, 4.69) is 10.4 Å². The molecule has 1 aromatic carbocycles. The lowest BCUT2D eigenvalue weighted by molar-refractivity contribution is -0.118. The average Bonchev–Trinajstić information content (AvgIpc) is 3.18. The van der Waals surface area contributed by atoms with Crippen LogP contribution in [-0.2, 0) is 11.3 Å². The minimum absolute atomic E-state index is 0.0744. The topological polar surface area (TPSA) is 93.2 Å². The van der Waals surface area contributed by atoms with Gasteiger partial charge in [-0.2, -0.15) is 5.10 Å². The molecule has 2 heterocycles. The molecule has 3 rings (SSSR count). The lowest BCUT2D eigenvalue weighted by Crippen LogP contribution is -2.20. The second kappa shape index (κ2) is 6.69. The molecule has 0 atom stereocenters. The molecule has 0 spiro atoms. The van der Waals surface area contributed by atoms with Crippen molar-refractivity contribution in [3.05, 3.63) is 42.0 Å². The average molecular weight is 331 g/mol. The van der Waals surface area contributed by atoms with E-state index in [0.717, 1.165) is 25.9 Å². The first kappa shape index (κ1) is 16.0. The summed E-state index contributed by atoms with van der Waals surface area (Å²) >= 11 is 0. The number of nitrogens with one attached hydrogen (secondary N) is 1. The summed E-state index contributed by atoms with van der Waals surface area (Å²) in [6.07, 6.45) is 4.99. The van der Waals surface area contributed by atoms with Crippen LogP contribution in [0.2, 0.25) is 0 Å². The van der Waals surface area contributed by atoms with Crippen LogP contribution < -0.4 is 16.0 Å². The zero-order valence-corrected chi connectivity index (χ0v) is 13.0. The molecule has 8 heteroatoms. The highest BCUT2D eigenvalue weighted by Gasteiger charge is 2.18. The number of nitrogens with two attached hydrogens (primary N) is 1. The first-order chi connectivity index (χ1) is 11.5. The van der Waals surface area contributed by atoms with Gasteiger partial charge in [0, 0.05) is 24.8 Å². The van der Waals surface area contributed by atoms with E-state index in [9.17, 15) is 14.0 Å². The number of hydrogen-bond acceptors (Lipinski definition) is 4. The third-order valence-corrected chi connectivity index (χ3v) is 3.87. The van der Waals surface area contributed by atoms with Crippen LogP contribution in [-0.4, -0.2) is 34.7 Å². The fraction of sp³-hybridized carbons (Fsp3) is 0.312. The quantitative estimate of drug-likeness (QED) is 0.865. The SMILES string of the molecule is NC(=O)Cn1cc(NC(=O)c2ccc(N3CCCC3)c(F)c2)cn1. The van der Waals surface area contributed by atoms with E-state index in [0.29, 0.717) is 11.4 Å². The molecule has 1 aromatic heterocycles. The Balaban J connectivity index is 1.69. The van der Waals surface area contributed by atoms with Gasteiger partial charge in [-0.25, -0.2) is 4.39 Å². The number of carbonyl (C=O) groups excluding carboxylic acids is 2. The van der Waals surface area contributed by atoms with Gasteiger partial charge in [-0.1, -0.05) is 0 Å². The highest BCUT2D eigenvalue weighted by molar-refractivity contribution is 6.04. The van der Waals surface area contributed by atoms with Crippen LogP contribution in [0.15, 0.2) is 30.6 Å². The van der Waals surface area contributed by atoms with Crippen LogP contribution in [0.1, 0.15) is 23.2 Å². The molecule has 1 aliphatic heterocycles. The fourth-order valence-corrected chi connectivity index (χ4v) is 2.74. The Bertz CT molecular complexity index is 768. The van der Waals surface area contributed by atoms with Crippen molar-refractivity contribution < 1.29 is 14.0 Å². The van der Waals surface area contributed by atoms with E-state index < -0.39 is 17.6 Å². The predicted octanol–water partition coefficient (Wildman–Crippen LogP) is 1.36. The molecule has 2 amide bonds. The number of nitrogens with zero attached hydrogens (tertiary/aromatic N) is 3. The van der Waals surface area contributed by atoms with Gasteiger partial charge in [0.2, 0.25) is 5.91 Å². The molecular weight excluding hydrogens is 313 g/mol. The minimum Gasteiger partial charge on any atom is -0.369 e. The lowest BCUT2D eigenvalue weighted by atomic mass is 10.1. The number of hydrogen-bond donors (Lipinski definition) is 2. The van der Waals surface area contributed by atoms with Crippen molar-refractivity contribution in [2.75, 3.05) is 23.3 Å². The molecule has 3 N–H and O–H groups in total. The Hall–Kier alpha value is -2.90. The van der Waals surface area contributed by atoms with Gasteiger partial charge in [0.25, 0.3) is 5.91 Å². The number of anilines is 2. The summed E-state index contributed by atoms with van der Waals surface area (Å²) in [6, 6.07) is 4.46. The number of benzene rings is 1. The van der Waals surface area contributed by atoms with E-state index in [4.69, 9.17) is 5.73 Å². The first-order valence-electron chi connectivity index (χ1n) is 7.69. The van der Waals surface area contributed by atoms with E-state index in [-0.39, 0.29) is 12.1 Å². The number of amides is 2. The van der Waals surface area contributed by atoms with E-state index in [1.807, 2.05) is 4.90 Å². The Kier molecular flexibility index (Phi) is 4.45. The monoisotopic (exact) mass is 331 g/mol. The molecule has 126 valence electrons. The van der Waals surface area contributed by atoms with Gasteiger partial charge in [-0.3, -0.25) is 14.3 Å². The van der Waals surface area contributed by atoms with Crippen molar-refractivity contribution in [2.45, 2.75) is 19.4 Å². The van der Waals surface area contributed by atoms with Gasteiger partial charge in [0.1, 0.15) is 12.4 Å². The van der Waals surface area contributed by atoms with Gasteiger partial charge in [-0.05, 0) is 31.0 Å². The van der Waals surface area contributed by atoms with Crippen molar-refractivity contribution in [2.24, 2.45) is 5.73 Å². The summed E-state index contributed by atoms with van der Waals surface area (Å²) in [6.45, 7) is 1.60. The van der Waals surface area contributed by atoms with Crippen molar-refractivity contribution >= 4 is 23.2 Å². The number of primary amides is 1. The van der Waals surface area contributed by atoms with Gasteiger partial charge >= 0.3 is 0 Å². The molecule has 2 aromatic rings. The van der Waals surface area contributed by atoms with Crippen molar-refractivity contribution in [1.29, 1.82) is 0 Å². The second-order valence-corrected chi connectivity index (χ2v) is 5.71. The van der Waals surface area contributed by atoms with Crippen LogP contribution in [0.3, 0.4) is 0 Å². The standard InChI is InChI=1S/C16H18FN5O2/c17-13-7-11(3-4-14(13)21-5-1-2-6-21)16(24)20-12-8-19-22(9-12)10-15(18)23/h3-4,7-9H,1-2,5-6,10H2,(H2,18,23)(H,20,24). The van der Waals surface area contributed by atoms with Crippen molar-refractivity contribution in [3.8, 4) is 0 Å². The maximum absolute atomic E-state index is 14.3. The summed E-state index contributed by atoms with van der Waals surface area (Å²) in [7, 11) is 0. The van der Waals surface area contributed by atoms with Crippen LogP contribution in [0, 0.1) is 5.82 Å². The largest absolute Gasteiger partial charge is 0.369 e. The van der Waals surface area contributed by atoms with Gasteiger partial charge < -0.3 is 16.0 Å². The molecule has 0 saturated carbocycles. The zero-order valence-electron chi connectivity index (χ0n) is 13.0. The van der Waals surface area contributed by atoms with Crippen molar-refractivity contribution in [3.63, 3.8) is 0 Å².